The minimum Gasteiger partial charge on any atom is -0.493 e. The van der Waals surface area contributed by atoms with Crippen molar-refractivity contribution in [3.05, 3.63) is 53.8 Å². The molecule has 7 heteroatoms. The summed E-state index contributed by atoms with van der Waals surface area (Å²) in [6, 6.07) is 10.8. The smallest absolute Gasteiger partial charge is 0.246 e. The standard InChI is InChI=1S/C24H27FN2O4/c1-15(24(29)26-20-5-3-4-19(25)12-20)27-13-18(11-23(27)28)17-8-9-21(30-2)22(10-17)31-14-16-6-7-16/h3-5,8-10,12,15-16,18H,6-7,11,13-14H2,1-2H3,(H,26,29). The van der Waals surface area contributed by atoms with E-state index in [2.05, 4.69) is 5.32 Å². The largest absolute Gasteiger partial charge is 0.493 e. The highest BCUT2D eigenvalue weighted by Gasteiger charge is 2.36. The number of carbonyl (C=O) groups excluding carboxylic acids is 2. The van der Waals surface area contributed by atoms with Gasteiger partial charge in [0.1, 0.15) is 11.9 Å². The van der Waals surface area contributed by atoms with Crippen molar-refractivity contribution in [3.8, 4) is 11.5 Å². The summed E-state index contributed by atoms with van der Waals surface area (Å²) in [6.45, 7) is 2.80. The molecule has 1 aliphatic heterocycles. The van der Waals surface area contributed by atoms with Crippen molar-refractivity contribution in [2.24, 2.45) is 5.92 Å². The molecule has 31 heavy (non-hydrogen) atoms. The normalized spacial score (nSPS) is 19.3. The van der Waals surface area contributed by atoms with Gasteiger partial charge in [-0.3, -0.25) is 9.59 Å². The van der Waals surface area contributed by atoms with Crippen LogP contribution in [-0.4, -0.2) is 43.0 Å². The van der Waals surface area contributed by atoms with E-state index in [1.807, 2.05) is 18.2 Å². The summed E-state index contributed by atoms with van der Waals surface area (Å²) < 4.78 is 24.7. The maximum atomic E-state index is 13.4. The number of ether oxygens (including phenoxy) is 2. The molecule has 1 heterocycles. The number of amides is 2. The number of rotatable bonds is 8. The van der Waals surface area contributed by atoms with Crippen LogP contribution in [0, 0.1) is 11.7 Å². The minimum atomic E-state index is -0.662. The first-order chi connectivity index (χ1) is 14.9. The van der Waals surface area contributed by atoms with Gasteiger partial charge >= 0.3 is 0 Å². The van der Waals surface area contributed by atoms with E-state index in [1.54, 1.807) is 25.0 Å². The third-order valence-electron chi connectivity index (χ3n) is 5.93. The van der Waals surface area contributed by atoms with E-state index in [-0.39, 0.29) is 17.7 Å². The van der Waals surface area contributed by atoms with Gasteiger partial charge in [0.15, 0.2) is 11.5 Å². The van der Waals surface area contributed by atoms with Gasteiger partial charge in [-0.2, -0.15) is 0 Å². The van der Waals surface area contributed by atoms with Gasteiger partial charge < -0.3 is 19.7 Å². The zero-order chi connectivity index (χ0) is 22.0. The van der Waals surface area contributed by atoms with E-state index in [0.29, 0.717) is 42.7 Å². The molecule has 4 rings (SSSR count). The predicted molar refractivity (Wildman–Crippen MR) is 115 cm³/mol. The molecule has 2 fully saturated rings. The number of methoxy groups -OCH3 is 1. The molecule has 0 bridgehead atoms. The van der Waals surface area contributed by atoms with E-state index in [4.69, 9.17) is 9.47 Å². The fourth-order valence-corrected chi connectivity index (χ4v) is 3.84. The van der Waals surface area contributed by atoms with Gasteiger partial charge in [-0.05, 0) is 61.6 Å². The Bertz CT molecular complexity index is 976. The third kappa shape index (κ3) is 4.98. The average Bonchev–Trinajstić information content (AvgIpc) is 3.51. The van der Waals surface area contributed by atoms with Crippen LogP contribution in [0.2, 0.25) is 0 Å². The van der Waals surface area contributed by atoms with Gasteiger partial charge in [-0.25, -0.2) is 4.39 Å². The molecule has 0 spiro atoms. The van der Waals surface area contributed by atoms with Crippen molar-refractivity contribution >= 4 is 17.5 Å². The topological polar surface area (TPSA) is 67.9 Å². The summed E-state index contributed by atoms with van der Waals surface area (Å²) in [6.07, 6.45) is 2.72. The molecule has 2 aromatic rings. The SMILES string of the molecule is COc1ccc(C2CC(=O)N(C(C)C(=O)Nc3cccc(F)c3)C2)cc1OCC1CC1. The van der Waals surface area contributed by atoms with Crippen LogP contribution in [-0.2, 0) is 9.59 Å². The summed E-state index contributed by atoms with van der Waals surface area (Å²) >= 11 is 0. The van der Waals surface area contributed by atoms with E-state index < -0.39 is 11.9 Å². The minimum absolute atomic E-state index is 0.0360. The number of halogens is 1. The Morgan fingerprint density at radius 2 is 2.03 bits per heavy atom. The second-order valence-electron chi connectivity index (χ2n) is 8.29. The second kappa shape index (κ2) is 8.96. The molecule has 1 N–H and O–H groups in total. The first-order valence-corrected chi connectivity index (χ1v) is 10.6. The van der Waals surface area contributed by atoms with Crippen molar-refractivity contribution < 1.29 is 23.5 Å². The van der Waals surface area contributed by atoms with Crippen LogP contribution in [0.4, 0.5) is 10.1 Å². The first-order valence-electron chi connectivity index (χ1n) is 10.6. The summed E-state index contributed by atoms with van der Waals surface area (Å²) in [7, 11) is 1.61. The molecule has 1 saturated carbocycles. The van der Waals surface area contributed by atoms with Crippen molar-refractivity contribution in [3.63, 3.8) is 0 Å². The number of nitrogens with zero attached hydrogens (tertiary/aromatic N) is 1. The third-order valence-corrected chi connectivity index (χ3v) is 5.93. The van der Waals surface area contributed by atoms with Gasteiger partial charge in [-0.15, -0.1) is 0 Å². The highest BCUT2D eigenvalue weighted by Crippen LogP contribution is 2.37. The molecule has 2 amide bonds. The molecule has 164 valence electrons. The summed E-state index contributed by atoms with van der Waals surface area (Å²) in [5.41, 5.74) is 1.35. The van der Waals surface area contributed by atoms with Crippen LogP contribution < -0.4 is 14.8 Å². The van der Waals surface area contributed by atoms with Gasteiger partial charge in [-0.1, -0.05) is 12.1 Å². The number of hydrogen-bond donors (Lipinski definition) is 1. The number of likely N-dealkylation sites (tertiary alicyclic amines) is 1. The summed E-state index contributed by atoms with van der Waals surface area (Å²) in [5.74, 6) is 1.09. The van der Waals surface area contributed by atoms with Gasteiger partial charge in [0, 0.05) is 24.6 Å². The molecular formula is C24H27FN2O4. The van der Waals surface area contributed by atoms with Gasteiger partial charge in [0.05, 0.1) is 13.7 Å². The lowest BCUT2D eigenvalue weighted by atomic mass is 9.98. The number of nitrogens with one attached hydrogen (secondary N) is 1. The van der Waals surface area contributed by atoms with Crippen LogP contribution in [0.1, 0.15) is 37.7 Å². The molecule has 0 aromatic heterocycles. The fourth-order valence-electron chi connectivity index (χ4n) is 3.84. The van der Waals surface area contributed by atoms with Crippen LogP contribution in [0.5, 0.6) is 11.5 Å². The Labute approximate surface area is 181 Å². The van der Waals surface area contributed by atoms with Crippen molar-refractivity contribution in [1.82, 2.24) is 4.90 Å². The van der Waals surface area contributed by atoms with Crippen LogP contribution in [0.25, 0.3) is 0 Å². The Balaban J connectivity index is 1.43. The number of anilines is 1. The maximum Gasteiger partial charge on any atom is 0.246 e. The zero-order valence-corrected chi connectivity index (χ0v) is 17.8. The van der Waals surface area contributed by atoms with Crippen molar-refractivity contribution in [1.29, 1.82) is 0 Å². The highest BCUT2D eigenvalue weighted by atomic mass is 19.1. The molecule has 0 radical (unpaired) electrons. The number of carbonyl (C=O) groups is 2. The summed E-state index contributed by atoms with van der Waals surface area (Å²) in [5, 5.41) is 2.68. The van der Waals surface area contributed by atoms with E-state index >= 15 is 0 Å². The second-order valence-corrected chi connectivity index (χ2v) is 8.29. The number of benzene rings is 2. The van der Waals surface area contributed by atoms with E-state index in [1.165, 1.54) is 31.0 Å². The van der Waals surface area contributed by atoms with Crippen molar-refractivity contribution in [2.45, 2.75) is 38.1 Å². The van der Waals surface area contributed by atoms with Crippen LogP contribution in [0.15, 0.2) is 42.5 Å². The molecule has 1 saturated heterocycles. The lowest BCUT2D eigenvalue weighted by molar-refractivity contribution is -0.134. The van der Waals surface area contributed by atoms with Crippen molar-refractivity contribution in [2.75, 3.05) is 25.6 Å². The Morgan fingerprint density at radius 1 is 1.23 bits per heavy atom. The lowest BCUT2D eigenvalue weighted by Crippen LogP contribution is -2.42. The first kappa shape index (κ1) is 21.2. The monoisotopic (exact) mass is 426 g/mol. The average molecular weight is 426 g/mol. The Hall–Kier alpha value is -3.09. The number of hydrogen-bond acceptors (Lipinski definition) is 4. The maximum absolute atomic E-state index is 13.4. The Morgan fingerprint density at radius 3 is 2.74 bits per heavy atom. The van der Waals surface area contributed by atoms with E-state index in [9.17, 15) is 14.0 Å². The molecule has 6 nitrogen and oxygen atoms in total. The molecule has 2 atom stereocenters. The Kier molecular flexibility index (Phi) is 6.11. The van der Waals surface area contributed by atoms with Crippen LogP contribution >= 0.6 is 0 Å². The zero-order valence-electron chi connectivity index (χ0n) is 17.8. The molecular weight excluding hydrogens is 399 g/mol. The lowest BCUT2D eigenvalue weighted by Gasteiger charge is -2.24. The van der Waals surface area contributed by atoms with Gasteiger partial charge in [0.25, 0.3) is 0 Å². The molecule has 2 aliphatic rings. The van der Waals surface area contributed by atoms with Crippen LogP contribution in [0.3, 0.4) is 0 Å². The van der Waals surface area contributed by atoms with E-state index in [0.717, 1.165) is 5.56 Å². The highest BCUT2D eigenvalue weighted by molar-refractivity contribution is 5.97. The predicted octanol–water partition coefficient (Wildman–Crippen LogP) is 3.97. The molecule has 2 unspecified atom stereocenters. The molecule has 1 aliphatic carbocycles. The van der Waals surface area contributed by atoms with Gasteiger partial charge in [0.2, 0.25) is 11.8 Å². The fraction of sp³-hybridized carbons (Fsp3) is 0.417. The molecule has 2 aromatic carbocycles. The summed E-state index contributed by atoms with van der Waals surface area (Å²) in [4.78, 5) is 26.9. The quantitative estimate of drug-likeness (QED) is 0.694.